The molecule has 1 saturated heterocycles. The topological polar surface area (TPSA) is 67.9 Å². The van der Waals surface area contributed by atoms with Gasteiger partial charge in [0.1, 0.15) is 17.6 Å². The summed E-state index contributed by atoms with van der Waals surface area (Å²) in [7, 11) is 1.55. The van der Waals surface area contributed by atoms with Gasteiger partial charge in [-0.2, -0.15) is 0 Å². The Morgan fingerprint density at radius 3 is 2.73 bits per heavy atom. The number of methoxy groups -OCH3 is 1. The van der Waals surface area contributed by atoms with Crippen LogP contribution in [0.4, 0.5) is 4.39 Å². The molecule has 1 saturated carbocycles. The minimum atomic E-state index is -0.819. The predicted octanol–water partition coefficient (Wildman–Crippen LogP) is 2.09. The second kappa shape index (κ2) is 8.14. The third-order valence-corrected chi connectivity index (χ3v) is 5.13. The number of rotatable bonds is 5. The van der Waals surface area contributed by atoms with Crippen LogP contribution in [0.2, 0.25) is 0 Å². The van der Waals surface area contributed by atoms with Crippen molar-refractivity contribution >= 4 is 11.8 Å². The second-order valence-electron chi connectivity index (χ2n) is 6.77. The Morgan fingerprint density at radius 1 is 1.31 bits per heavy atom. The highest BCUT2D eigenvalue weighted by Gasteiger charge is 2.53. The lowest BCUT2D eigenvalue weighted by Crippen LogP contribution is -2.56. The number of hydrogen-bond acceptors (Lipinski definition) is 4. The highest BCUT2D eigenvalue weighted by atomic mass is 19.1. The van der Waals surface area contributed by atoms with Gasteiger partial charge in [-0.1, -0.05) is 18.6 Å². The summed E-state index contributed by atoms with van der Waals surface area (Å²) in [6, 6.07) is 5.10. The fourth-order valence-corrected chi connectivity index (χ4v) is 3.83. The lowest BCUT2D eigenvalue weighted by atomic mass is 9.89. The quantitative estimate of drug-likeness (QED) is 0.813. The van der Waals surface area contributed by atoms with Crippen LogP contribution in [0.25, 0.3) is 0 Å². The number of halogens is 1. The second-order valence-corrected chi connectivity index (χ2v) is 6.77. The van der Waals surface area contributed by atoms with Crippen LogP contribution in [0.15, 0.2) is 24.3 Å². The summed E-state index contributed by atoms with van der Waals surface area (Å²) in [6.45, 7) is 0.852. The van der Waals surface area contributed by atoms with Gasteiger partial charge in [0.15, 0.2) is 0 Å². The molecule has 1 heterocycles. The molecule has 1 N–H and O–H groups in total. The first-order valence-corrected chi connectivity index (χ1v) is 9.08. The molecule has 142 valence electrons. The van der Waals surface area contributed by atoms with Crippen molar-refractivity contribution in [1.82, 2.24) is 10.2 Å². The summed E-state index contributed by atoms with van der Waals surface area (Å²) in [5.41, 5.74) is -0.849. The van der Waals surface area contributed by atoms with Crippen molar-refractivity contribution in [3.8, 4) is 0 Å². The van der Waals surface area contributed by atoms with Crippen molar-refractivity contribution in [2.75, 3.05) is 26.9 Å². The molecule has 6 nitrogen and oxygen atoms in total. The molecule has 3 rings (SSSR count). The van der Waals surface area contributed by atoms with E-state index >= 15 is 0 Å². The molecule has 1 aliphatic carbocycles. The van der Waals surface area contributed by atoms with Crippen LogP contribution in [0.3, 0.4) is 0 Å². The first-order chi connectivity index (χ1) is 12.6. The molecule has 1 aromatic carbocycles. The Bertz CT molecular complexity index is 661. The lowest BCUT2D eigenvalue weighted by molar-refractivity contribution is -0.127. The van der Waals surface area contributed by atoms with Gasteiger partial charge in [0.2, 0.25) is 5.91 Å². The van der Waals surface area contributed by atoms with E-state index in [0.29, 0.717) is 26.0 Å². The van der Waals surface area contributed by atoms with Crippen molar-refractivity contribution in [2.45, 2.75) is 43.9 Å². The Balaban J connectivity index is 1.88. The van der Waals surface area contributed by atoms with E-state index in [0.717, 1.165) is 19.3 Å². The Kier molecular flexibility index (Phi) is 5.88. The monoisotopic (exact) mass is 364 g/mol. The van der Waals surface area contributed by atoms with Crippen LogP contribution in [-0.4, -0.2) is 55.3 Å². The summed E-state index contributed by atoms with van der Waals surface area (Å²) in [4.78, 5) is 27.3. The Morgan fingerprint density at radius 2 is 2.04 bits per heavy atom. The van der Waals surface area contributed by atoms with Gasteiger partial charge in [-0.05, 0) is 37.8 Å². The van der Waals surface area contributed by atoms with Gasteiger partial charge in [-0.15, -0.1) is 0 Å². The van der Waals surface area contributed by atoms with Crippen LogP contribution in [0.5, 0.6) is 0 Å². The number of amides is 2. The zero-order chi connectivity index (χ0) is 18.6. The summed E-state index contributed by atoms with van der Waals surface area (Å²) in [6.07, 6.45) is 4.22. The van der Waals surface area contributed by atoms with E-state index in [2.05, 4.69) is 5.32 Å². The standard InChI is InChI=1S/C19H25FN2O4/c1-25-12-11-21-17(23)16-13-26-19(9-5-2-6-10-19)22(16)18(24)14-7-3-4-8-15(14)20/h3-4,7-8,16H,2,5-6,9-13H2,1H3,(H,21,23)/t16-/m0/s1. The molecule has 0 aromatic heterocycles. The molecule has 1 spiro atoms. The molecule has 7 heteroatoms. The first kappa shape index (κ1) is 18.8. The smallest absolute Gasteiger partial charge is 0.259 e. The average Bonchev–Trinajstić information content (AvgIpc) is 3.01. The van der Waals surface area contributed by atoms with E-state index in [4.69, 9.17) is 9.47 Å². The van der Waals surface area contributed by atoms with Crippen LogP contribution >= 0.6 is 0 Å². The lowest BCUT2D eigenvalue weighted by Gasteiger charge is -2.41. The molecule has 2 aliphatic rings. The fraction of sp³-hybridized carbons (Fsp3) is 0.579. The molecule has 1 aliphatic heterocycles. The number of nitrogens with zero attached hydrogens (tertiary/aromatic N) is 1. The van der Waals surface area contributed by atoms with Gasteiger partial charge in [0, 0.05) is 13.7 Å². The highest BCUT2D eigenvalue weighted by Crippen LogP contribution is 2.41. The number of benzene rings is 1. The van der Waals surface area contributed by atoms with Gasteiger partial charge in [-0.25, -0.2) is 4.39 Å². The van der Waals surface area contributed by atoms with Crippen molar-refractivity contribution in [3.05, 3.63) is 35.6 Å². The molecular formula is C19H25FN2O4. The highest BCUT2D eigenvalue weighted by molar-refractivity contribution is 5.98. The minimum Gasteiger partial charge on any atom is -0.383 e. The molecule has 2 amide bonds. The fourth-order valence-electron chi connectivity index (χ4n) is 3.83. The van der Waals surface area contributed by atoms with Gasteiger partial charge in [0.25, 0.3) is 5.91 Å². The van der Waals surface area contributed by atoms with Crippen molar-refractivity contribution in [2.24, 2.45) is 0 Å². The van der Waals surface area contributed by atoms with Gasteiger partial charge < -0.3 is 14.8 Å². The number of hydrogen-bond donors (Lipinski definition) is 1. The first-order valence-electron chi connectivity index (χ1n) is 9.08. The molecular weight excluding hydrogens is 339 g/mol. The molecule has 2 fully saturated rings. The maximum atomic E-state index is 14.2. The molecule has 0 radical (unpaired) electrons. The average molecular weight is 364 g/mol. The van der Waals surface area contributed by atoms with E-state index in [9.17, 15) is 14.0 Å². The van der Waals surface area contributed by atoms with E-state index < -0.39 is 23.5 Å². The van der Waals surface area contributed by atoms with E-state index in [1.807, 2.05) is 0 Å². The predicted molar refractivity (Wildman–Crippen MR) is 93.0 cm³/mol. The summed E-state index contributed by atoms with van der Waals surface area (Å²) < 4.78 is 25.2. The minimum absolute atomic E-state index is 0.0300. The Hall–Kier alpha value is -1.99. The SMILES string of the molecule is COCCNC(=O)[C@@H]1COC2(CCCCC2)N1C(=O)c1ccccc1F. The third kappa shape index (κ3) is 3.59. The van der Waals surface area contributed by atoms with Crippen LogP contribution in [0.1, 0.15) is 42.5 Å². The maximum Gasteiger partial charge on any atom is 0.259 e. The number of carbonyl (C=O) groups is 2. The summed E-state index contributed by atoms with van der Waals surface area (Å²) >= 11 is 0. The normalized spacial score (nSPS) is 21.8. The van der Waals surface area contributed by atoms with E-state index in [1.165, 1.54) is 23.1 Å². The molecule has 0 unspecified atom stereocenters. The van der Waals surface area contributed by atoms with Crippen molar-refractivity contribution < 1.29 is 23.5 Å². The van der Waals surface area contributed by atoms with Crippen LogP contribution < -0.4 is 5.32 Å². The zero-order valence-corrected chi connectivity index (χ0v) is 15.0. The van der Waals surface area contributed by atoms with E-state index in [-0.39, 0.29) is 18.1 Å². The summed E-state index contributed by atoms with van der Waals surface area (Å²) in [5.74, 6) is -1.38. The summed E-state index contributed by atoms with van der Waals surface area (Å²) in [5, 5.41) is 2.77. The maximum absolute atomic E-state index is 14.2. The van der Waals surface area contributed by atoms with E-state index in [1.54, 1.807) is 13.2 Å². The largest absolute Gasteiger partial charge is 0.383 e. The molecule has 0 bridgehead atoms. The van der Waals surface area contributed by atoms with Crippen molar-refractivity contribution in [1.29, 1.82) is 0 Å². The number of nitrogens with one attached hydrogen (secondary N) is 1. The molecule has 26 heavy (non-hydrogen) atoms. The van der Waals surface area contributed by atoms with Gasteiger partial charge in [0.05, 0.1) is 18.8 Å². The number of ether oxygens (including phenoxy) is 2. The van der Waals surface area contributed by atoms with Gasteiger partial charge in [-0.3, -0.25) is 14.5 Å². The molecule has 1 atom stereocenters. The van der Waals surface area contributed by atoms with Crippen LogP contribution in [-0.2, 0) is 14.3 Å². The number of carbonyl (C=O) groups excluding carboxylic acids is 2. The molecule has 1 aromatic rings. The zero-order valence-electron chi connectivity index (χ0n) is 15.0. The van der Waals surface area contributed by atoms with Gasteiger partial charge >= 0.3 is 0 Å². The Labute approximate surface area is 152 Å². The van der Waals surface area contributed by atoms with Crippen LogP contribution in [0, 0.1) is 5.82 Å². The third-order valence-electron chi connectivity index (χ3n) is 5.13. The van der Waals surface area contributed by atoms with Crippen molar-refractivity contribution in [3.63, 3.8) is 0 Å².